The quantitative estimate of drug-likeness (QED) is 0.792. The molecule has 0 saturated heterocycles. The second kappa shape index (κ2) is 5.80. The lowest BCUT2D eigenvalue weighted by Gasteiger charge is -2.22. The molecule has 2 N–H and O–H groups in total. The summed E-state index contributed by atoms with van der Waals surface area (Å²) in [7, 11) is 0. The van der Waals surface area contributed by atoms with E-state index in [-0.39, 0.29) is 12.1 Å². The topological polar surface area (TPSA) is 35.2 Å². The number of thiophene rings is 1. The number of rotatable bonds is 7. The smallest absolute Gasteiger partial charge is 0.107 e. The Balaban J connectivity index is 1.86. The molecule has 2 unspecified atom stereocenters. The van der Waals surface area contributed by atoms with Crippen molar-refractivity contribution >= 4 is 11.3 Å². The average Bonchev–Trinajstić information content (AvgIpc) is 2.97. The van der Waals surface area contributed by atoms with E-state index >= 15 is 0 Å². The van der Waals surface area contributed by atoms with Crippen molar-refractivity contribution < 1.29 is 4.74 Å². The molecule has 1 aromatic heterocycles. The van der Waals surface area contributed by atoms with Crippen molar-refractivity contribution in [1.29, 1.82) is 0 Å². The first-order chi connectivity index (χ1) is 7.81. The van der Waals surface area contributed by atoms with Gasteiger partial charge in [0, 0.05) is 17.5 Å². The zero-order valence-electron chi connectivity index (χ0n) is 9.89. The molecule has 1 saturated carbocycles. The molecule has 2 atom stereocenters. The summed E-state index contributed by atoms with van der Waals surface area (Å²) < 4.78 is 5.98. The SMILES string of the molecule is CCC(N)C(OCCC1CC1)c1cccs1. The van der Waals surface area contributed by atoms with Gasteiger partial charge in [-0.25, -0.2) is 0 Å². The van der Waals surface area contributed by atoms with Crippen molar-refractivity contribution in [3.63, 3.8) is 0 Å². The van der Waals surface area contributed by atoms with E-state index in [0.29, 0.717) is 0 Å². The van der Waals surface area contributed by atoms with Gasteiger partial charge in [-0.3, -0.25) is 0 Å². The zero-order valence-corrected chi connectivity index (χ0v) is 10.7. The monoisotopic (exact) mass is 239 g/mol. The Morgan fingerprint density at radius 3 is 2.94 bits per heavy atom. The van der Waals surface area contributed by atoms with Crippen molar-refractivity contribution in [2.75, 3.05) is 6.61 Å². The Bertz CT molecular complexity index is 295. The molecule has 0 amide bonds. The number of ether oxygens (including phenoxy) is 1. The van der Waals surface area contributed by atoms with Crippen molar-refractivity contribution in [3.8, 4) is 0 Å². The summed E-state index contributed by atoms with van der Waals surface area (Å²) in [6.45, 7) is 2.98. The first-order valence-corrected chi connectivity index (χ1v) is 7.09. The summed E-state index contributed by atoms with van der Waals surface area (Å²) in [4.78, 5) is 1.27. The maximum atomic E-state index is 6.12. The van der Waals surface area contributed by atoms with Gasteiger partial charge in [-0.2, -0.15) is 0 Å². The van der Waals surface area contributed by atoms with Gasteiger partial charge in [0.25, 0.3) is 0 Å². The lowest BCUT2D eigenvalue weighted by molar-refractivity contribution is 0.0323. The molecular formula is C13H21NOS. The lowest BCUT2D eigenvalue weighted by atomic mass is 10.1. The molecule has 90 valence electrons. The summed E-state index contributed by atoms with van der Waals surface area (Å²) in [5.41, 5.74) is 6.12. The van der Waals surface area contributed by atoms with Gasteiger partial charge in [0.05, 0.1) is 0 Å². The van der Waals surface area contributed by atoms with E-state index in [1.165, 1.54) is 24.1 Å². The summed E-state index contributed by atoms with van der Waals surface area (Å²) >= 11 is 1.74. The van der Waals surface area contributed by atoms with Crippen LogP contribution >= 0.6 is 11.3 Å². The zero-order chi connectivity index (χ0) is 11.4. The molecule has 1 fully saturated rings. The molecule has 16 heavy (non-hydrogen) atoms. The summed E-state index contributed by atoms with van der Waals surface area (Å²) in [5.74, 6) is 0.932. The van der Waals surface area contributed by atoms with Gasteiger partial charge in [0.15, 0.2) is 0 Å². The minimum Gasteiger partial charge on any atom is -0.371 e. The van der Waals surface area contributed by atoms with Crippen molar-refractivity contribution in [2.45, 2.75) is 44.8 Å². The minimum absolute atomic E-state index is 0.101. The summed E-state index contributed by atoms with van der Waals surface area (Å²) in [5, 5.41) is 2.09. The van der Waals surface area contributed by atoms with Crippen LogP contribution in [-0.2, 0) is 4.74 Å². The average molecular weight is 239 g/mol. The normalized spacial score (nSPS) is 19.6. The van der Waals surface area contributed by atoms with E-state index in [9.17, 15) is 0 Å². The van der Waals surface area contributed by atoms with Crippen LogP contribution in [0.1, 0.15) is 43.6 Å². The van der Waals surface area contributed by atoms with Crippen LogP contribution in [0.25, 0.3) is 0 Å². The van der Waals surface area contributed by atoms with Gasteiger partial charge < -0.3 is 10.5 Å². The second-order valence-corrected chi connectivity index (χ2v) is 5.59. The molecule has 1 aliphatic carbocycles. The van der Waals surface area contributed by atoms with E-state index in [2.05, 4.69) is 24.4 Å². The van der Waals surface area contributed by atoms with Gasteiger partial charge >= 0.3 is 0 Å². The predicted molar refractivity (Wildman–Crippen MR) is 68.6 cm³/mol. The third-order valence-corrected chi connectivity index (χ3v) is 4.14. The molecule has 2 rings (SSSR count). The van der Waals surface area contributed by atoms with E-state index in [1.54, 1.807) is 11.3 Å². The van der Waals surface area contributed by atoms with Crippen LogP contribution in [-0.4, -0.2) is 12.6 Å². The lowest BCUT2D eigenvalue weighted by Crippen LogP contribution is -2.29. The number of hydrogen-bond donors (Lipinski definition) is 1. The number of nitrogens with two attached hydrogens (primary N) is 1. The van der Waals surface area contributed by atoms with Crippen LogP contribution in [0.2, 0.25) is 0 Å². The van der Waals surface area contributed by atoms with Gasteiger partial charge in [0.2, 0.25) is 0 Å². The molecule has 3 heteroatoms. The first-order valence-electron chi connectivity index (χ1n) is 6.21. The minimum atomic E-state index is 0.101. The Morgan fingerprint density at radius 2 is 2.38 bits per heavy atom. The van der Waals surface area contributed by atoms with E-state index in [1.807, 2.05) is 0 Å². The van der Waals surface area contributed by atoms with Crippen molar-refractivity contribution in [3.05, 3.63) is 22.4 Å². The largest absolute Gasteiger partial charge is 0.371 e. The molecule has 0 aliphatic heterocycles. The molecule has 1 heterocycles. The molecule has 0 aromatic carbocycles. The molecule has 0 radical (unpaired) electrons. The van der Waals surface area contributed by atoms with Crippen molar-refractivity contribution in [2.24, 2.45) is 11.7 Å². The van der Waals surface area contributed by atoms with Crippen LogP contribution in [0, 0.1) is 5.92 Å². The van der Waals surface area contributed by atoms with Gasteiger partial charge in [-0.05, 0) is 30.2 Å². The number of hydrogen-bond acceptors (Lipinski definition) is 3. The van der Waals surface area contributed by atoms with Gasteiger partial charge in [0.1, 0.15) is 6.10 Å². The third-order valence-electron chi connectivity index (χ3n) is 3.20. The Morgan fingerprint density at radius 1 is 1.56 bits per heavy atom. The standard InChI is InChI=1S/C13H21NOS/c1-2-11(14)13(12-4-3-9-16-12)15-8-7-10-5-6-10/h3-4,9-11,13H,2,5-8,14H2,1H3. The van der Waals surface area contributed by atoms with E-state index in [4.69, 9.17) is 10.5 Å². The van der Waals surface area contributed by atoms with E-state index in [0.717, 1.165) is 18.9 Å². The van der Waals surface area contributed by atoms with Crippen molar-refractivity contribution in [1.82, 2.24) is 0 Å². The van der Waals surface area contributed by atoms with Crippen LogP contribution in [0.4, 0.5) is 0 Å². The Kier molecular flexibility index (Phi) is 4.38. The third kappa shape index (κ3) is 3.30. The van der Waals surface area contributed by atoms with Gasteiger partial charge in [-0.15, -0.1) is 11.3 Å². The van der Waals surface area contributed by atoms with Crippen LogP contribution in [0.3, 0.4) is 0 Å². The Labute approximate surface area is 102 Å². The van der Waals surface area contributed by atoms with Gasteiger partial charge in [-0.1, -0.05) is 25.8 Å². The molecular weight excluding hydrogens is 218 g/mol. The highest BCUT2D eigenvalue weighted by molar-refractivity contribution is 7.10. The molecule has 1 aliphatic rings. The highest BCUT2D eigenvalue weighted by Gasteiger charge is 2.24. The summed E-state index contributed by atoms with van der Waals surface area (Å²) in [6, 6.07) is 4.32. The van der Waals surface area contributed by atoms with Crippen LogP contribution in [0.15, 0.2) is 17.5 Å². The fourth-order valence-electron chi connectivity index (χ4n) is 1.85. The summed E-state index contributed by atoms with van der Waals surface area (Å²) in [6.07, 6.45) is 5.06. The van der Waals surface area contributed by atoms with E-state index < -0.39 is 0 Å². The van der Waals surface area contributed by atoms with Crippen LogP contribution in [0.5, 0.6) is 0 Å². The predicted octanol–water partition coefficient (Wildman–Crippen LogP) is 3.34. The fourth-order valence-corrected chi connectivity index (χ4v) is 2.70. The fraction of sp³-hybridized carbons (Fsp3) is 0.692. The maximum absolute atomic E-state index is 6.12. The highest BCUT2D eigenvalue weighted by atomic mass is 32.1. The Hall–Kier alpha value is -0.380. The second-order valence-electron chi connectivity index (χ2n) is 4.61. The molecule has 0 bridgehead atoms. The highest BCUT2D eigenvalue weighted by Crippen LogP contribution is 2.33. The first kappa shape index (κ1) is 12.1. The van der Waals surface area contributed by atoms with Crippen LogP contribution < -0.4 is 5.73 Å². The molecule has 0 spiro atoms. The molecule has 2 nitrogen and oxygen atoms in total. The maximum Gasteiger partial charge on any atom is 0.107 e. The molecule has 1 aromatic rings.